The summed E-state index contributed by atoms with van der Waals surface area (Å²) in [6.07, 6.45) is 3.53. The van der Waals surface area contributed by atoms with Crippen LogP contribution in [0.25, 0.3) is 11.3 Å². The second kappa shape index (κ2) is 6.83. The van der Waals surface area contributed by atoms with Crippen molar-refractivity contribution >= 4 is 5.78 Å². The van der Waals surface area contributed by atoms with E-state index >= 15 is 0 Å². The van der Waals surface area contributed by atoms with Gasteiger partial charge >= 0.3 is 0 Å². The van der Waals surface area contributed by atoms with E-state index in [1.54, 1.807) is 18.0 Å². The highest BCUT2D eigenvalue weighted by molar-refractivity contribution is 5.94. The van der Waals surface area contributed by atoms with E-state index in [2.05, 4.69) is 4.98 Å². The third-order valence-electron chi connectivity index (χ3n) is 3.57. The molecule has 2 aromatic carbocycles. The number of methoxy groups -OCH3 is 1. The molecular formula is C19H17N2O2+. The summed E-state index contributed by atoms with van der Waals surface area (Å²) >= 11 is 0. The molecule has 0 spiro atoms. The first-order valence-corrected chi connectivity index (χ1v) is 7.34. The number of hydrogen-bond acceptors (Lipinski definition) is 3. The molecule has 4 nitrogen and oxygen atoms in total. The molecule has 0 aliphatic heterocycles. The van der Waals surface area contributed by atoms with Crippen LogP contribution < -0.4 is 9.30 Å². The van der Waals surface area contributed by atoms with Crippen molar-refractivity contribution in [2.24, 2.45) is 0 Å². The lowest BCUT2D eigenvalue weighted by Crippen LogP contribution is -2.37. The molecule has 4 heteroatoms. The molecule has 1 aromatic heterocycles. The summed E-state index contributed by atoms with van der Waals surface area (Å²) in [5, 5.41) is 0. The van der Waals surface area contributed by atoms with Crippen molar-refractivity contribution in [3.8, 4) is 17.0 Å². The van der Waals surface area contributed by atoms with Gasteiger partial charge in [0.25, 0.3) is 6.33 Å². The molecule has 0 aliphatic carbocycles. The van der Waals surface area contributed by atoms with Gasteiger partial charge in [-0.25, -0.2) is 4.57 Å². The smallest absolute Gasteiger partial charge is 0.287 e. The second-order valence-electron chi connectivity index (χ2n) is 5.11. The van der Waals surface area contributed by atoms with E-state index in [4.69, 9.17) is 4.74 Å². The number of nitrogens with zero attached hydrogens (tertiary/aromatic N) is 2. The van der Waals surface area contributed by atoms with E-state index in [1.165, 1.54) is 0 Å². The molecule has 3 rings (SSSR count). The second-order valence-corrected chi connectivity index (χ2v) is 5.11. The number of ketones is 1. The molecular weight excluding hydrogens is 288 g/mol. The summed E-state index contributed by atoms with van der Waals surface area (Å²) in [7, 11) is 1.64. The van der Waals surface area contributed by atoms with E-state index in [9.17, 15) is 4.79 Å². The third kappa shape index (κ3) is 3.43. The van der Waals surface area contributed by atoms with Gasteiger partial charge in [-0.05, 0) is 17.1 Å². The normalized spacial score (nSPS) is 10.3. The van der Waals surface area contributed by atoms with Crippen LogP contribution >= 0.6 is 0 Å². The highest BCUT2D eigenvalue weighted by atomic mass is 16.5. The van der Waals surface area contributed by atoms with Gasteiger partial charge in [0.15, 0.2) is 12.2 Å². The van der Waals surface area contributed by atoms with Crippen LogP contribution in [0.1, 0.15) is 10.4 Å². The maximum atomic E-state index is 12.2. The van der Waals surface area contributed by atoms with Gasteiger partial charge in [0, 0.05) is 11.6 Å². The summed E-state index contributed by atoms with van der Waals surface area (Å²) in [6.45, 7) is 0.267. The predicted octanol–water partition coefficient (Wildman–Crippen LogP) is 2.93. The maximum absolute atomic E-state index is 12.2. The van der Waals surface area contributed by atoms with Gasteiger partial charge in [-0.1, -0.05) is 42.5 Å². The third-order valence-corrected chi connectivity index (χ3v) is 3.57. The maximum Gasteiger partial charge on any atom is 0.287 e. The van der Waals surface area contributed by atoms with E-state index in [0.717, 1.165) is 17.0 Å². The quantitative estimate of drug-likeness (QED) is 0.538. The molecule has 114 valence electrons. The van der Waals surface area contributed by atoms with E-state index < -0.39 is 0 Å². The molecule has 0 unspecified atom stereocenters. The van der Waals surface area contributed by atoms with Crippen LogP contribution in [0.2, 0.25) is 0 Å². The fraction of sp³-hybridized carbons (Fsp3) is 0.105. The summed E-state index contributed by atoms with van der Waals surface area (Å²) in [4.78, 5) is 16.6. The molecule has 0 bridgehead atoms. The topological polar surface area (TPSA) is 43.1 Å². The molecule has 0 atom stereocenters. The summed E-state index contributed by atoms with van der Waals surface area (Å²) in [5.41, 5.74) is 2.44. The van der Waals surface area contributed by atoms with Crippen LogP contribution in [-0.2, 0) is 6.54 Å². The fourth-order valence-electron chi connectivity index (χ4n) is 2.37. The Morgan fingerprint density at radius 2 is 1.78 bits per heavy atom. The number of Topliss-reactive ketones (excluding diaryl/α,β-unsaturated/α-hetero) is 1. The predicted molar refractivity (Wildman–Crippen MR) is 87.2 cm³/mol. The van der Waals surface area contributed by atoms with Crippen molar-refractivity contribution in [2.45, 2.75) is 6.54 Å². The van der Waals surface area contributed by atoms with Crippen LogP contribution in [0, 0.1) is 0 Å². The van der Waals surface area contributed by atoms with Crippen LogP contribution in [0.5, 0.6) is 5.75 Å². The molecule has 3 aromatic rings. The van der Waals surface area contributed by atoms with Crippen molar-refractivity contribution < 1.29 is 14.1 Å². The highest BCUT2D eigenvalue weighted by Gasteiger charge is 2.13. The van der Waals surface area contributed by atoms with Gasteiger partial charge in [-0.3, -0.25) is 4.79 Å². The van der Waals surface area contributed by atoms with Gasteiger partial charge in [0.1, 0.15) is 5.75 Å². The number of carbonyl (C=O) groups is 1. The average molecular weight is 305 g/mol. The Labute approximate surface area is 135 Å². The van der Waals surface area contributed by atoms with E-state index in [-0.39, 0.29) is 12.3 Å². The van der Waals surface area contributed by atoms with E-state index in [1.807, 2.05) is 66.9 Å². The van der Waals surface area contributed by atoms with E-state index in [0.29, 0.717) is 5.56 Å². The van der Waals surface area contributed by atoms with Crippen LogP contribution in [0.3, 0.4) is 0 Å². The Morgan fingerprint density at radius 1 is 1.04 bits per heavy atom. The van der Waals surface area contributed by atoms with Gasteiger partial charge in [0.05, 0.1) is 18.9 Å². The van der Waals surface area contributed by atoms with Gasteiger partial charge in [0.2, 0.25) is 5.78 Å². The Kier molecular flexibility index (Phi) is 4.43. The van der Waals surface area contributed by atoms with Crippen molar-refractivity contribution in [3.05, 3.63) is 78.8 Å². The lowest BCUT2D eigenvalue weighted by atomic mass is 10.1. The molecule has 0 aliphatic rings. The Hall–Kier alpha value is -3.01. The Balaban J connectivity index is 1.79. The lowest BCUT2D eigenvalue weighted by Gasteiger charge is -2.04. The number of ether oxygens (including phenoxy) is 1. The van der Waals surface area contributed by atoms with Gasteiger partial charge in [-0.15, -0.1) is 0 Å². The minimum Gasteiger partial charge on any atom is -0.496 e. The zero-order valence-corrected chi connectivity index (χ0v) is 12.8. The number of carbonyl (C=O) groups excluding carboxylic acids is 1. The number of para-hydroxylation sites is 1. The SMILES string of the molecule is COc1ccccc1-c1cc[n+](CC(=O)c2ccccc2)cn1. The monoisotopic (exact) mass is 305 g/mol. The minimum absolute atomic E-state index is 0.0578. The average Bonchev–Trinajstić information content (AvgIpc) is 2.63. The molecule has 0 saturated heterocycles. The molecule has 0 saturated carbocycles. The van der Waals surface area contributed by atoms with Crippen LogP contribution in [-0.4, -0.2) is 17.9 Å². The first-order chi connectivity index (χ1) is 11.3. The first kappa shape index (κ1) is 14.9. The highest BCUT2D eigenvalue weighted by Crippen LogP contribution is 2.26. The summed E-state index contributed by atoms with van der Waals surface area (Å²) in [5.74, 6) is 0.834. The van der Waals surface area contributed by atoms with Gasteiger partial charge < -0.3 is 4.74 Å². The zero-order valence-electron chi connectivity index (χ0n) is 12.8. The molecule has 0 fully saturated rings. The standard InChI is InChI=1S/C19H17N2O2/c1-23-19-10-6-5-9-16(19)17-11-12-21(14-20-17)13-18(22)15-7-3-2-4-8-15/h2-12,14H,13H2,1H3/q+1. The summed E-state index contributed by atoms with van der Waals surface area (Å²) in [6, 6.07) is 18.9. The zero-order chi connectivity index (χ0) is 16.1. The molecule has 0 N–H and O–H groups in total. The van der Waals surface area contributed by atoms with Gasteiger partial charge in [-0.2, -0.15) is 0 Å². The number of hydrogen-bond donors (Lipinski definition) is 0. The molecule has 0 radical (unpaired) electrons. The van der Waals surface area contributed by atoms with Crippen LogP contribution in [0.4, 0.5) is 0 Å². The molecule has 0 amide bonds. The van der Waals surface area contributed by atoms with Crippen molar-refractivity contribution in [1.29, 1.82) is 0 Å². The first-order valence-electron chi connectivity index (χ1n) is 7.34. The largest absolute Gasteiger partial charge is 0.496 e. The number of rotatable bonds is 5. The Bertz CT molecular complexity index is 799. The summed E-state index contributed by atoms with van der Waals surface area (Å²) < 4.78 is 7.12. The van der Waals surface area contributed by atoms with Crippen molar-refractivity contribution in [1.82, 2.24) is 4.98 Å². The lowest BCUT2D eigenvalue weighted by molar-refractivity contribution is -0.686. The fourth-order valence-corrected chi connectivity index (χ4v) is 2.37. The number of benzene rings is 2. The van der Waals surface area contributed by atoms with Crippen molar-refractivity contribution in [3.63, 3.8) is 0 Å². The molecule has 1 heterocycles. The minimum atomic E-state index is 0.0578. The molecule has 23 heavy (non-hydrogen) atoms. The van der Waals surface area contributed by atoms with Crippen molar-refractivity contribution in [2.75, 3.05) is 7.11 Å². The van der Waals surface area contributed by atoms with Crippen LogP contribution in [0.15, 0.2) is 73.2 Å². The Morgan fingerprint density at radius 3 is 2.48 bits per heavy atom. The number of aromatic nitrogens is 2.